The van der Waals surface area contributed by atoms with E-state index < -0.39 is 15.9 Å². The van der Waals surface area contributed by atoms with E-state index in [9.17, 15) is 13.2 Å². The normalized spacial score (nSPS) is 11.4. The van der Waals surface area contributed by atoms with Crippen LogP contribution < -0.4 is 14.8 Å². The van der Waals surface area contributed by atoms with Crippen LogP contribution in [0.25, 0.3) is 0 Å². The zero-order valence-corrected chi connectivity index (χ0v) is 18.4. The third kappa shape index (κ3) is 5.62. The van der Waals surface area contributed by atoms with Gasteiger partial charge in [-0.1, -0.05) is 24.6 Å². The number of ether oxygens (including phenoxy) is 2. The second-order valence-electron chi connectivity index (χ2n) is 6.21. The van der Waals surface area contributed by atoms with E-state index in [1.54, 1.807) is 19.1 Å². The van der Waals surface area contributed by atoms with Gasteiger partial charge in [-0.25, -0.2) is 8.42 Å². The number of hydrogen-bond acceptors (Lipinski definition) is 5. The Morgan fingerprint density at radius 1 is 1.14 bits per heavy atom. The van der Waals surface area contributed by atoms with Gasteiger partial charge in [0.15, 0.2) is 0 Å². The molecule has 0 unspecified atom stereocenters. The molecule has 0 spiro atoms. The predicted octanol–water partition coefficient (Wildman–Crippen LogP) is 3.71. The lowest BCUT2D eigenvalue weighted by molar-refractivity contribution is -0.116. The van der Waals surface area contributed by atoms with E-state index in [1.807, 2.05) is 19.9 Å². The first kappa shape index (κ1) is 23.0. The van der Waals surface area contributed by atoms with Crippen molar-refractivity contribution in [3.8, 4) is 11.5 Å². The van der Waals surface area contributed by atoms with Gasteiger partial charge >= 0.3 is 0 Å². The summed E-state index contributed by atoms with van der Waals surface area (Å²) in [5, 5.41) is 2.90. The first-order chi connectivity index (χ1) is 13.7. The van der Waals surface area contributed by atoms with E-state index in [0.29, 0.717) is 23.8 Å². The van der Waals surface area contributed by atoms with Crippen LogP contribution in [0.2, 0.25) is 5.02 Å². The van der Waals surface area contributed by atoms with E-state index in [2.05, 4.69) is 5.32 Å². The maximum absolute atomic E-state index is 13.0. The van der Waals surface area contributed by atoms with Gasteiger partial charge < -0.3 is 14.8 Å². The summed E-state index contributed by atoms with van der Waals surface area (Å²) in [4.78, 5) is 12.5. The summed E-state index contributed by atoms with van der Waals surface area (Å²) < 4.78 is 37.6. The van der Waals surface area contributed by atoms with Crippen LogP contribution >= 0.6 is 11.6 Å². The van der Waals surface area contributed by atoms with Gasteiger partial charge in [0.1, 0.15) is 11.5 Å². The average Bonchev–Trinajstić information content (AvgIpc) is 2.67. The smallest absolute Gasteiger partial charge is 0.243 e. The molecule has 29 heavy (non-hydrogen) atoms. The summed E-state index contributed by atoms with van der Waals surface area (Å²) >= 11 is 6.12. The number of aryl methyl sites for hydroxylation is 1. The Labute approximate surface area is 176 Å². The molecule has 158 valence electrons. The third-order valence-electron chi connectivity index (χ3n) is 4.14. The number of benzene rings is 2. The molecule has 0 saturated heterocycles. The van der Waals surface area contributed by atoms with Crippen LogP contribution in [0, 0.1) is 6.92 Å². The summed E-state index contributed by atoms with van der Waals surface area (Å²) in [6.45, 7) is 5.53. The minimum absolute atomic E-state index is 0.00580. The summed E-state index contributed by atoms with van der Waals surface area (Å²) in [5.74, 6) is 0.421. The zero-order chi connectivity index (χ0) is 21.6. The number of anilines is 1. The van der Waals surface area contributed by atoms with Crippen molar-refractivity contribution in [3.63, 3.8) is 0 Å². The molecule has 2 rings (SSSR count). The highest BCUT2D eigenvalue weighted by Crippen LogP contribution is 2.29. The highest BCUT2D eigenvalue weighted by molar-refractivity contribution is 7.89. The fraction of sp³-hybridized carbons (Fsp3) is 0.350. The highest BCUT2D eigenvalue weighted by Gasteiger charge is 2.26. The first-order valence-electron chi connectivity index (χ1n) is 9.09. The molecular formula is C20H25ClN2O5S. The molecule has 0 aliphatic rings. The molecule has 0 fully saturated rings. The number of nitrogens with zero attached hydrogens (tertiary/aromatic N) is 1. The number of carbonyl (C=O) groups excluding carboxylic acids is 1. The van der Waals surface area contributed by atoms with Crippen molar-refractivity contribution in [2.45, 2.75) is 25.7 Å². The topological polar surface area (TPSA) is 84.9 Å². The maximum Gasteiger partial charge on any atom is 0.243 e. The van der Waals surface area contributed by atoms with E-state index in [1.165, 1.54) is 25.3 Å². The van der Waals surface area contributed by atoms with Crippen LogP contribution in [0.5, 0.6) is 11.5 Å². The molecule has 9 heteroatoms. The van der Waals surface area contributed by atoms with Crippen molar-refractivity contribution in [2.75, 3.05) is 32.1 Å². The van der Waals surface area contributed by atoms with Gasteiger partial charge in [-0.3, -0.25) is 4.79 Å². The summed E-state index contributed by atoms with van der Waals surface area (Å²) in [6, 6.07) is 9.59. The third-order valence-corrected chi connectivity index (χ3v) is 6.35. The Kier molecular flexibility index (Phi) is 7.89. The molecule has 2 aromatic rings. The van der Waals surface area contributed by atoms with Crippen LogP contribution in [-0.4, -0.2) is 45.4 Å². The van der Waals surface area contributed by atoms with Gasteiger partial charge in [-0.05, 0) is 49.7 Å². The van der Waals surface area contributed by atoms with Gasteiger partial charge in [0.05, 0.1) is 35.9 Å². The van der Waals surface area contributed by atoms with Crippen molar-refractivity contribution in [1.82, 2.24) is 4.31 Å². The number of rotatable bonds is 9. The molecule has 0 radical (unpaired) electrons. The Balaban J connectivity index is 2.21. The number of nitrogens with one attached hydrogen (secondary N) is 1. The standard InChI is InChI=1S/C20H25ClN2O5S/c1-5-23(13-20(24)22-17-11-14(3)7-9-19(17)27-4)29(25,26)15-8-10-18(28-6-2)16(21)12-15/h7-12H,5-6,13H2,1-4H3,(H,22,24). The van der Waals surface area contributed by atoms with Crippen molar-refractivity contribution >= 4 is 33.2 Å². The summed E-state index contributed by atoms with van der Waals surface area (Å²) in [5.41, 5.74) is 1.42. The number of carbonyl (C=O) groups is 1. The van der Waals surface area contributed by atoms with Crippen molar-refractivity contribution < 1.29 is 22.7 Å². The van der Waals surface area contributed by atoms with Gasteiger partial charge in [0.25, 0.3) is 0 Å². The first-order valence-corrected chi connectivity index (χ1v) is 10.9. The van der Waals surface area contributed by atoms with Crippen LogP contribution in [0.1, 0.15) is 19.4 Å². The Morgan fingerprint density at radius 3 is 2.41 bits per heavy atom. The minimum atomic E-state index is -3.92. The molecular weight excluding hydrogens is 416 g/mol. The number of halogens is 1. The number of sulfonamides is 1. The lowest BCUT2D eigenvalue weighted by Crippen LogP contribution is -2.37. The van der Waals surface area contributed by atoms with Gasteiger partial charge in [-0.2, -0.15) is 4.31 Å². The van der Waals surface area contributed by atoms with Crippen molar-refractivity contribution in [1.29, 1.82) is 0 Å². The van der Waals surface area contributed by atoms with Crippen molar-refractivity contribution in [2.24, 2.45) is 0 Å². The van der Waals surface area contributed by atoms with Crippen molar-refractivity contribution in [3.05, 3.63) is 47.0 Å². The Morgan fingerprint density at radius 2 is 1.83 bits per heavy atom. The SMILES string of the molecule is CCOc1ccc(S(=O)(=O)N(CC)CC(=O)Nc2cc(C)ccc2OC)cc1Cl. The van der Waals surface area contributed by atoms with Crippen LogP contribution in [0.15, 0.2) is 41.3 Å². The van der Waals surface area contributed by atoms with E-state index in [4.69, 9.17) is 21.1 Å². The van der Waals surface area contributed by atoms with Gasteiger partial charge in [0.2, 0.25) is 15.9 Å². The molecule has 2 aromatic carbocycles. The number of hydrogen-bond donors (Lipinski definition) is 1. The quantitative estimate of drug-likeness (QED) is 0.642. The highest BCUT2D eigenvalue weighted by atomic mass is 35.5. The second-order valence-corrected chi connectivity index (χ2v) is 8.55. The Bertz CT molecular complexity index is 979. The number of amides is 1. The Hall–Kier alpha value is -2.29. The fourth-order valence-electron chi connectivity index (χ4n) is 2.70. The van der Waals surface area contributed by atoms with Gasteiger partial charge in [-0.15, -0.1) is 0 Å². The molecule has 1 amide bonds. The number of methoxy groups -OCH3 is 1. The lowest BCUT2D eigenvalue weighted by atomic mass is 10.2. The number of likely N-dealkylation sites (N-methyl/N-ethyl adjacent to an activating group) is 1. The second kappa shape index (κ2) is 9.96. The molecule has 1 N–H and O–H groups in total. The van der Waals surface area contributed by atoms with Crippen LogP contribution in [0.3, 0.4) is 0 Å². The minimum Gasteiger partial charge on any atom is -0.495 e. The fourth-order valence-corrected chi connectivity index (χ4v) is 4.43. The van der Waals surface area contributed by atoms with E-state index in [-0.39, 0.29) is 23.0 Å². The molecule has 0 bridgehead atoms. The predicted molar refractivity (Wildman–Crippen MR) is 113 cm³/mol. The maximum atomic E-state index is 13.0. The average molecular weight is 441 g/mol. The largest absolute Gasteiger partial charge is 0.495 e. The molecule has 0 aliphatic heterocycles. The molecule has 0 aromatic heterocycles. The summed E-state index contributed by atoms with van der Waals surface area (Å²) in [6.07, 6.45) is 0. The summed E-state index contributed by atoms with van der Waals surface area (Å²) in [7, 11) is -2.42. The monoisotopic (exact) mass is 440 g/mol. The molecule has 0 aliphatic carbocycles. The lowest BCUT2D eigenvalue weighted by Gasteiger charge is -2.21. The van der Waals surface area contributed by atoms with Gasteiger partial charge in [0, 0.05) is 6.54 Å². The van der Waals surface area contributed by atoms with Crippen LogP contribution in [0.4, 0.5) is 5.69 Å². The molecule has 7 nitrogen and oxygen atoms in total. The van der Waals surface area contributed by atoms with E-state index >= 15 is 0 Å². The van der Waals surface area contributed by atoms with Crippen LogP contribution in [-0.2, 0) is 14.8 Å². The molecule has 0 atom stereocenters. The molecule has 0 heterocycles. The molecule has 0 saturated carbocycles. The van der Waals surface area contributed by atoms with E-state index in [0.717, 1.165) is 9.87 Å². The zero-order valence-electron chi connectivity index (χ0n) is 16.9.